The second-order valence-electron chi connectivity index (χ2n) is 6.65. The van der Waals surface area contributed by atoms with E-state index in [1.165, 1.54) is 28.8 Å². The van der Waals surface area contributed by atoms with Crippen LogP contribution in [0.3, 0.4) is 0 Å². The molecular weight excluding hydrogens is 376 g/mol. The lowest BCUT2D eigenvalue weighted by Gasteiger charge is -2.19. The molecule has 0 fully saturated rings. The van der Waals surface area contributed by atoms with Crippen molar-refractivity contribution in [2.24, 2.45) is 0 Å². The van der Waals surface area contributed by atoms with E-state index in [1.54, 1.807) is 36.5 Å². The van der Waals surface area contributed by atoms with Crippen LogP contribution in [0.5, 0.6) is 0 Å². The average Bonchev–Trinajstić information content (AvgIpc) is 3.13. The first kappa shape index (κ1) is 18.7. The monoisotopic (exact) mass is 393 g/mol. The lowest BCUT2D eigenvalue weighted by atomic mass is 9.98. The predicted octanol–water partition coefficient (Wildman–Crippen LogP) is 3.42. The standard InChI is InChI=1S/C21H17F2N5O/c1-13-8-9-24-21-26-19(27-28(13)21)20(29)25-18(15-5-3-7-17(23)12-15)11-14-4-2-6-16(22)10-14/h2-10,12,18H,11H2,1H3,(H,25,29). The number of aromatic nitrogens is 4. The number of nitrogens with zero attached hydrogens (tertiary/aromatic N) is 4. The molecule has 0 spiro atoms. The normalized spacial score (nSPS) is 12.1. The maximum absolute atomic E-state index is 13.8. The molecule has 1 N–H and O–H groups in total. The Labute approximate surface area is 165 Å². The molecule has 2 heterocycles. The van der Waals surface area contributed by atoms with Crippen LogP contribution in [0.15, 0.2) is 60.8 Å². The number of carbonyl (C=O) groups excluding carboxylic acids is 1. The molecule has 1 atom stereocenters. The third kappa shape index (κ3) is 4.11. The van der Waals surface area contributed by atoms with Crippen molar-refractivity contribution in [1.82, 2.24) is 24.9 Å². The molecule has 0 radical (unpaired) electrons. The van der Waals surface area contributed by atoms with Gasteiger partial charge in [-0.15, -0.1) is 5.10 Å². The Balaban J connectivity index is 1.64. The van der Waals surface area contributed by atoms with Gasteiger partial charge in [0.1, 0.15) is 11.6 Å². The minimum atomic E-state index is -0.597. The van der Waals surface area contributed by atoms with Gasteiger partial charge in [0, 0.05) is 11.9 Å². The number of nitrogens with one attached hydrogen (secondary N) is 1. The molecule has 146 valence electrons. The molecule has 2 aromatic heterocycles. The van der Waals surface area contributed by atoms with Crippen molar-refractivity contribution in [2.75, 3.05) is 0 Å². The van der Waals surface area contributed by atoms with Gasteiger partial charge in [-0.3, -0.25) is 4.79 Å². The van der Waals surface area contributed by atoms with Crippen LogP contribution in [0.4, 0.5) is 8.78 Å². The van der Waals surface area contributed by atoms with E-state index in [2.05, 4.69) is 20.4 Å². The molecule has 6 nitrogen and oxygen atoms in total. The molecule has 0 saturated heterocycles. The van der Waals surface area contributed by atoms with Gasteiger partial charge in [0.05, 0.1) is 6.04 Å². The van der Waals surface area contributed by atoms with Crippen molar-refractivity contribution in [2.45, 2.75) is 19.4 Å². The highest BCUT2D eigenvalue weighted by Gasteiger charge is 2.21. The zero-order valence-electron chi connectivity index (χ0n) is 15.5. The van der Waals surface area contributed by atoms with Crippen molar-refractivity contribution in [3.8, 4) is 0 Å². The number of hydrogen-bond donors (Lipinski definition) is 1. The summed E-state index contributed by atoms with van der Waals surface area (Å²) in [4.78, 5) is 21.0. The summed E-state index contributed by atoms with van der Waals surface area (Å²) in [7, 11) is 0. The van der Waals surface area contributed by atoms with Crippen LogP contribution in [0.25, 0.3) is 5.78 Å². The maximum Gasteiger partial charge on any atom is 0.291 e. The third-order valence-corrected chi connectivity index (χ3v) is 4.52. The summed E-state index contributed by atoms with van der Waals surface area (Å²) in [6.07, 6.45) is 1.86. The summed E-state index contributed by atoms with van der Waals surface area (Å²) >= 11 is 0. The molecule has 8 heteroatoms. The molecule has 0 aliphatic rings. The van der Waals surface area contributed by atoms with Crippen LogP contribution in [-0.2, 0) is 6.42 Å². The van der Waals surface area contributed by atoms with Crippen LogP contribution in [-0.4, -0.2) is 25.5 Å². The second-order valence-corrected chi connectivity index (χ2v) is 6.65. The number of carbonyl (C=O) groups is 1. The average molecular weight is 393 g/mol. The Morgan fingerprint density at radius 1 is 1.10 bits per heavy atom. The summed E-state index contributed by atoms with van der Waals surface area (Å²) in [5.41, 5.74) is 2.00. The smallest absolute Gasteiger partial charge is 0.291 e. The summed E-state index contributed by atoms with van der Waals surface area (Å²) in [6.45, 7) is 1.82. The van der Waals surface area contributed by atoms with E-state index in [9.17, 15) is 13.6 Å². The Kier molecular flexibility index (Phi) is 4.99. The fourth-order valence-corrected chi connectivity index (χ4v) is 3.10. The van der Waals surface area contributed by atoms with Gasteiger partial charge in [0.25, 0.3) is 11.7 Å². The van der Waals surface area contributed by atoms with Gasteiger partial charge in [0.15, 0.2) is 0 Å². The SMILES string of the molecule is Cc1ccnc2nc(C(=O)NC(Cc3cccc(F)c3)c3cccc(F)c3)nn12. The number of aryl methyl sites for hydroxylation is 1. The maximum atomic E-state index is 13.8. The first-order valence-electron chi connectivity index (χ1n) is 8.99. The largest absolute Gasteiger partial charge is 0.342 e. The summed E-state index contributed by atoms with van der Waals surface area (Å²) in [6, 6.07) is 13.1. The number of benzene rings is 2. The second kappa shape index (κ2) is 7.75. The van der Waals surface area contributed by atoms with Crippen molar-refractivity contribution in [3.05, 3.63) is 95.1 Å². The highest BCUT2D eigenvalue weighted by atomic mass is 19.1. The molecule has 1 unspecified atom stereocenters. The molecule has 4 aromatic rings. The van der Waals surface area contributed by atoms with E-state index in [-0.39, 0.29) is 18.1 Å². The Morgan fingerprint density at radius 2 is 1.86 bits per heavy atom. The minimum Gasteiger partial charge on any atom is -0.342 e. The Bertz CT molecular complexity index is 1190. The van der Waals surface area contributed by atoms with Crippen LogP contribution in [0.1, 0.15) is 33.5 Å². The van der Waals surface area contributed by atoms with Crippen LogP contribution >= 0.6 is 0 Å². The lowest BCUT2D eigenvalue weighted by Crippen LogP contribution is -2.31. The van der Waals surface area contributed by atoms with Crippen LogP contribution < -0.4 is 5.32 Å². The topological polar surface area (TPSA) is 72.2 Å². The van der Waals surface area contributed by atoms with Crippen LogP contribution in [0.2, 0.25) is 0 Å². The molecule has 4 rings (SSSR count). The van der Waals surface area contributed by atoms with Crippen molar-refractivity contribution < 1.29 is 13.6 Å². The molecule has 0 saturated carbocycles. The quantitative estimate of drug-likeness (QED) is 0.564. The first-order chi connectivity index (χ1) is 14.0. The number of fused-ring (bicyclic) bond motifs is 1. The zero-order chi connectivity index (χ0) is 20.4. The van der Waals surface area contributed by atoms with E-state index in [4.69, 9.17) is 0 Å². The third-order valence-electron chi connectivity index (χ3n) is 4.52. The summed E-state index contributed by atoms with van der Waals surface area (Å²) in [5.74, 6) is -1.07. The zero-order valence-corrected chi connectivity index (χ0v) is 15.5. The van der Waals surface area contributed by atoms with E-state index >= 15 is 0 Å². The highest BCUT2D eigenvalue weighted by Crippen LogP contribution is 2.20. The van der Waals surface area contributed by atoms with Gasteiger partial charge >= 0.3 is 0 Å². The van der Waals surface area contributed by atoms with E-state index in [0.717, 1.165) is 5.69 Å². The molecule has 0 bridgehead atoms. The molecular formula is C21H17F2N5O. The predicted molar refractivity (Wildman–Crippen MR) is 102 cm³/mol. The van der Waals surface area contributed by atoms with Crippen molar-refractivity contribution in [3.63, 3.8) is 0 Å². The van der Waals surface area contributed by atoms with E-state index in [1.807, 2.05) is 6.92 Å². The molecule has 0 aliphatic heterocycles. The van der Waals surface area contributed by atoms with E-state index < -0.39 is 17.8 Å². The fraction of sp³-hybridized carbons (Fsp3) is 0.143. The minimum absolute atomic E-state index is 0.0487. The van der Waals surface area contributed by atoms with Crippen molar-refractivity contribution >= 4 is 11.7 Å². The first-order valence-corrected chi connectivity index (χ1v) is 8.99. The fourth-order valence-electron chi connectivity index (χ4n) is 3.10. The van der Waals surface area contributed by atoms with Gasteiger partial charge in [0.2, 0.25) is 5.82 Å². The lowest BCUT2D eigenvalue weighted by molar-refractivity contribution is 0.0926. The molecule has 29 heavy (non-hydrogen) atoms. The summed E-state index contributed by atoms with van der Waals surface area (Å²) in [5, 5.41) is 7.03. The number of amides is 1. The van der Waals surface area contributed by atoms with Gasteiger partial charge < -0.3 is 5.32 Å². The van der Waals surface area contributed by atoms with Gasteiger partial charge in [-0.05, 0) is 54.8 Å². The van der Waals surface area contributed by atoms with Gasteiger partial charge in [-0.1, -0.05) is 24.3 Å². The molecule has 1 amide bonds. The summed E-state index contributed by atoms with van der Waals surface area (Å²) < 4.78 is 28.8. The van der Waals surface area contributed by atoms with Gasteiger partial charge in [-0.25, -0.2) is 18.3 Å². The highest BCUT2D eigenvalue weighted by molar-refractivity contribution is 5.91. The van der Waals surface area contributed by atoms with E-state index in [0.29, 0.717) is 16.9 Å². The van der Waals surface area contributed by atoms with Crippen molar-refractivity contribution in [1.29, 1.82) is 0 Å². The number of rotatable bonds is 5. The Hall–Kier alpha value is -3.68. The molecule has 2 aromatic carbocycles. The number of hydrogen-bond acceptors (Lipinski definition) is 4. The van der Waals surface area contributed by atoms with Crippen LogP contribution in [0, 0.1) is 18.6 Å². The Morgan fingerprint density at radius 3 is 2.59 bits per heavy atom. The number of halogens is 2. The van der Waals surface area contributed by atoms with Gasteiger partial charge in [-0.2, -0.15) is 4.98 Å². The molecule has 0 aliphatic carbocycles.